The quantitative estimate of drug-likeness (QED) is 0.891. The van der Waals surface area contributed by atoms with E-state index in [-0.39, 0.29) is 12.5 Å². The van der Waals surface area contributed by atoms with E-state index in [2.05, 4.69) is 4.98 Å². The number of amides is 1. The summed E-state index contributed by atoms with van der Waals surface area (Å²) in [6, 6.07) is 7.40. The van der Waals surface area contributed by atoms with Crippen LogP contribution >= 0.6 is 0 Å². The third-order valence-electron chi connectivity index (χ3n) is 3.03. The molecule has 0 aliphatic heterocycles. The number of likely N-dealkylation sites (N-methyl/N-ethyl adjacent to an activating group) is 1. The lowest BCUT2D eigenvalue weighted by Crippen LogP contribution is -2.39. The normalized spacial score (nSPS) is 11.6. The van der Waals surface area contributed by atoms with Crippen LogP contribution in [0.4, 0.5) is 5.82 Å². The molecule has 0 aliphatic rings. The lowest BCUT2D eigenvalue weighted by atomic mass is 10.0. The second kappa shape index (κ2) is 5.09. The Morgan fingerprint density at radius 3 is 2.55 bits per heavy atom. The highest BCUT2D eigenvalue weighted by atomic mass is 16.3. The number of anilines is 1. The number of fused-ring (bicyclic) bond motifs is 1. The number of benzene rings is 1. The molecule has 0 radical (unpaired) electrons. The van der Waals surface area contributed by atoms with Crippen LogP contribution in [0.2, 0.25) is 0 Å². The van der Waals surface area contributed by atoms with Crippen molar-refractivity contribution in [2.75, 3.05) is 19.3 Å². The second-order valence-corrected chi connectivity index (χ2v) is 5.58. The molecule has 0 fully saturated rings. The Morgan fingerprint density at radius 2 is 1.95 bits per heavy atom. The Balaban J connectivity index is 2.43. The number of aromatic nitrogens is 1. The zero-order valence-electron chi connectivity index (χ0n) is 11.9. The number of hydrogen-bond acceptors (Lipinski definition) is 4. The van der Waals surface area contributed by atoms with E-state index in [1.54, 1.807) is 20.9 Å². The predicted molar refractivity (Wildman–Crippen MR) is 79.4 cm³/mol. The van der Waals surface area contributed by atoms with Crippen LogP contribution in [0.3, 0.4) is 0 Å². The Kier molecular flexibility index (Phi) is 3.63. The summed E-state index contributed by atoms with van der Waals surface area (Å²) in [5.41, 5.74) is 5.37. The van der Waals surface area contributed by atoms with Crippen LogP contribution in [0.15, 0.2) is 30.5 Å². The molecule has 106 valence electrons. The third-order valence-corrected chi connectivity index (χ3v) is 3.03. The Hall–Kier alpha value is -2.14. The molecule has 2 aromatic rings. The first-order chi connectivity index (χ1) is 9.29. The maximum absolute atomic E-state index is 12.5. The number of nitrogens with two attached hydrogens (primary N) is 1. The van der Waals surface area contributed by atoms with Gasteiger partial charge in [0.1, 0.15) is 5.82 Å². The fourth-order valence-corrected chi connectivity index (χ4v) is 2.24. The lowest BCUT2D eigenvalue weighted by Gasteiger charge is -2.26. The van der Waals surface area contributed by atoms with Gasteiger partial charge in [0.15, 0.2) is 0 Å². The van der Waals surface area contributed by atoms with Crippen molar-refractivity contribution in [2.45, 2.75) is 19.4 Å². The molecule has 0 aliphatic carbocycles. The number of aliphatic hydroxyl groups is 1. The molecular formula is C15H19N3O2. The van der Waals surface area contributed by atoms with Gasteiger partial charge in [0, 0.05) is 25.2 Å². The average molecular weight is 273 g/mol. The monoisotopic (exact) mass is 273 g/mol. The summed E-state index contributed by atoms with van der Waals surface area (Å²) in [4.78, 5) is 18.0. The lowest BCUT2D eigenvalue weighted by molar-refractivity contribution is 0.0368. The fourth-order valence-electron chi connectivity index (χ4n) is 2.24. The highest BCUT2D eigenvalue weighted by molar-refractivity contribution is 6.08. The van der Waals surface area contributed by atoms with Gasteiger partial charge in [-0.3, -0.25) is 4.79 Å². The summed E-state index contributed by atoms with van der Waals surface area (Å²) in [6.07, 6.45) is 1.49. The fraction of sp³-hybridized carbons (Fsp3) is 0.333. The summed E-state index contributed by atoms with van der Waals surface area (Å²) in [7, 11) is 1.66. The summed E-state index contributed by atoms with van der Waals surface area (Å²) >= 11 is 0. The molecule has 20 heavy (non-hydrogen) atoms. The van der Waals surface area contributed by atoms with Crippen LogP contribution < -0.4 is 5.73 Å². The minimum atomic E-state index is -0.943. The van der Waals surface area contributed by atoms with E-state index in [0.29, 0.717) is 11.4 Å². The Bertz CT molecular complexity index is 647. The van der Waals surface area contributed by atoms with Crippen LogP contribution in [0.1, 0.15) is 24.2 Å². The summed E-state index contributed by atoms with van der Waals surface area (Å²) in [5, 5.41) is 11.3. The van der Waals surface area contributed by atoms with E-state index in [1.165, 1.54) is 11.1 Å². The van der Waals surface area contributed by atoms with E-state index in [4.69, 9.17) is 5.73 Å². The van der Waals surface area contributed by atoms with Gasteiger partial charge in [-0.1, -0.05) is 24.3 Å². The molecule has 1 aromatic carbocycles. The van der Waals surface area contributed by atoms with E-state index in [0.717, 1.165) is 10.8 Å². The first-order valence-corrected chi connectivity index (χ1v) is 6.40. The van der Waals surface area contributed by atoms with Crippen LogP contribution in [-0.4, -0.2) is 40.1 Å². The van der Waals surface area contributed by atoms with Crippen molar-refractivity contribution >= 4 is 22.5 Å². The van der Waals surface area contributed by atoms with Gasteiger partial charge in [-0.25, -0.2) is 4.98 Å². The number of nitrogen functional groups attached to an aromatic ring is 1. The summed E-state index contributed by atoms with van der Waals surface area (Å²) < 4.78 is 0. The molecule has 1 heterocycles. The molecule has 2 rings (SSSR count). The molecule has 0 saturated heterocycles. The molecule has 0 bridgehead atoms. The van der Waals surface area contributed by atoms with Crippen LogP contribution in [0, 0.1) is 0 Å². The third kappa shape index (κ3) is 2.88. The van der Waals surface area contributed by atoms with E-state index in [9.17, 15) is 9.90 Å². The smallest absolute Gasteiger partial charge is 0.255 e. The summed E-state index contributed by atoms with van der Waals surface area (Å²) in [6.45, 7) is 3.57. The minimum Gasteiger partial charge on any atom is -0.389 e. The molecule has 5 nitrogen and oxygen atoms in total. The van der Waals surface area contributed by atoms with Crippen molar-refractivity contribution < 1.29 is 9.90 Å². The molecule has 5 heteroatoms. The van der Waals surface area contributed by atoms with Gasteiger partial charge in [-0.05, 0) is 19.2 Å². The maximum Gasteiger partial charge on any atom is 0.255 e. The van der Waals surface area contributed by atoms with Gasteiger partial charge in [0.05, 0.1) is 11.2 Å². The standard InChI is InChI=1S/C15H19N3O2/c1-15(2,20)9-18(3)14(19)12-8-17-13(16)11-7-5-4-6-10(11)12/h4-8,20H,9H2,1-3H3,(H2,16,17). The van der Waals surface area contributed by atoms with Gasteiger partial charge in [-0.15, -0.1) is 0 Å². The van der Waals surface area contributed by atoms with Crippen LogP contribution in [0.25, 0.3) is 10.8 Å². The minimum absolute atomic E-state index is 0.184. The van der Waals surface area contributed by atoms with Crippen molar-refractivity contribution in [3.63, 3.8) is 0 Å². The predicted octanol–water partition coefficient (Wildman–Crippen LogP) is 1.66. The number of pyridine rings is 1. The Morgan fingerprint density at radius 1 is 1.35 bits per heavy atom. The zero-order chi connectivity index (χ0) is 14.9. The molecule has 1 amide bonds. The summed E-state index contributed by atoms with van der Waals surface area (Å²) in [5.74, 6) is 0.220. The molecular weight excluding hydrogens is 254 g/mol. The second-order valence-electron chi connectivity index (χ2n) is 5.58. The van der Waals surface area contributed by atoms with Gasteiger partial charge in [-0.2, -0.15) is 0 Å². The van der Waals surface area contributed by atoms with Crippen molar-refractivity contribution in [1.82, 2.24) is 9.88 Å². The number of carbonyl (C=O) groups is 1. The van der Waals surface area contributed by atoms with Crippen molar-refractivity contribution in [3.05, 3.63) is 36.0 Å². The number of nitrogens with zero attached hydrogens (tertiary/aromatic N) is 2. The highest BCUT2D eigenvalue weighted by Gasteiger charge is 2.22. The largest absolute Gasteiger partial charge is 0.389 e. The van der Waals surface area contributed by atoms with Crippen molar-refractivity contribution in [1.29, 1.82) is 0 Å². The molecule has 3 N–H and O–H groups in total. The molecule has 0 unspecified atom stereocenters. The number of hydrogen-bond donors (Lipinski definition) is 2. The molecule has 1 aromatic heterocycles. The number of carbonyl (C=O) groups excluding carboxylic acids is 1. The first kappa shape index (κ1) is 14.3. The topological polar surface area (TPSA) is 79.5 Å². The average Bonchev–Trinajstić information content (AvgIpc) is 2.37. The zero-order valence-corrected chi connectivity index (χ0v) is 11.9. The van der Waals surface area contributed by atoms with Crippen LogP contribution in [0.5, 0.6) is 0 Å². The SMILES string of the molecule is CN(CC(C)(C)O)C(=O)c1cnc(N)c2ccccc12. The first-order valence-electron chi connectivity index (χ1n) is 6.40. The molecule has 0 atom stereocenters. The molecule has 0 saturated carbocycles. The highest BCUT2D eigenvalue weighted by Crippen LogP contribution is 2.23. The Labute approximate surface area is 118 Å². The van der Waals surface area contributed by atoms with Gasteiger partial charge in [0.25, 0.3) is 5.91 Å². The van der Waals surface area contributed by atoms with E-state index >= 15 is 0 Å². The number of rotatable bonds is 3. The molecule has 0 spiro atoms. The van der Waals surface area contributed by atoms with Gasteiger partial charge >= 0.3 is 0 Å². The van der Waals surface area contributed by atoms with Crippen LogP contribution in [-0.2, 0) is 0 Å². The van der Waals surface area contributed by atoms with Crippen molar-refractivity contribution in [2.24, 2.45) is 0 Å². The van der Waals surface area contributed by atoms with E-state index < -0.39 is 5.60 Å². The van der Waals surface area contributed by atoms with E-state index in [1.807, 2.05) is 24.3 Å². The maximum atomic E-state index is 12.5. The van der Waals surface area contributed by atoms with Gasteiger partial charge < -0.3 is 15.7 Å². The van der Waals surface area contributed by atoms with Gasteiger partial charge in [0.2, 0.25) is 0 Å². The van der Waals surface area contributed by atoms with Crippen molar-refractivity contribution in [3.8, 4) is 0 Å².